The zero-order valence-corrected chi connectivity index (χ0v) is 9.92. The number of hydrogen-bond donors (Lipinski definition) is 0. The van der Waals surface area contributed by atoms with Crippen LogP contribution in [0.1, 0.15) is 37.6 Å². The fraction of sp³-hybridized carbons (Fsp3) is 0.462. The lowest BCUT2D eigenvalue weighted by atomic mass is 10.1. The van der Waals surface area contributed by atoms with Gasteiger partial charge in [0.1, 0.15) is 12.4 Å². The number of Topliss-reactive ketones (excluding diaryl/α,β-unsaturated/α-hetero) is 1. The lowest BCUT2D eigenvalue weighted by Gasteiger charge is -2.22. The van der Waals surface area contributed by atoms with Crippen molar-refractivity contribution in [1.29, 1.82) is 0 Å². The molecule has 0 aromatic heterocycles. The van der Waals surface area contributed by atoms with Crippen LogP contribution in [0.25, 0.3) is 0 Å². The molecule has 0 spiro atoms. The first kappa shape index (κ1) is 12.8. The molecule has 0 aliphatic heterocycles. The molecule has 0 amide bonds. The van der Waals surface area contributed by atoms with E-state index in [1.807, 2.05) is 20.8 Å². The molecule has 0 aliphatic carbocycles. The van der Waals surface area contributed by atoms with Crippen molar-refractivity contribution in [2.75, 3.05) is 6.61 Å². The first-order chi connectivity index (χ1) is 7.46. The van der Waals surface area contributed by atoms with E-state index in [9.17, 15) is 9.18 Å². The van der Waals surface area contributed by atoms with Crippen molar-refractivity contribution in [2.24, 2.45) is 0 Å². The number of ether oxygens (including phenoxy) is 1. The van der Waals surface area contributed by atoms with Crippen molar-refractivity contribution in [3.05, 3.63) is 35.6 Å². The molecule has 0 N–H and O–H groups in total. The molecule has 0 saturated heterocycles. The van der Waals surface area contributed by atoms with E-state index < -0.39 is 5.82 Å². The Bertz CT molecular complexity index is 372. The summed E-state index contributed by atoms with van der Waals surface area (Å²) in [5.41, 5.74) is -0.254. The molecule has 88 valence electrons. The fourth-order valence-electron chi connectivity index (χ4n) is 1.13. The van der Waals surface area contributed by atoms with Crippen LogP contribution < -0.4 is 0 Å². The van der Waals surface area contributed by atoms with Crippen LogP contribution in [0.15, 0.2) is 24.3 Å². The van der Waals surface area contributed by atoms with E-state index in [4.69, 9.17) is 4.74 Å². The molecule has 0 fully saturated rings. The van der Waals surface area contributed by atoms with E-state index >= 15 is 0 Å². The summed E-state index contributed by atoms with van der Waals surface area (Å²) in [6.07, 6.45) is 0.803. The molecule has 0 saturated carbocycles. The summed E-state index contributed by atoms with van der Waals surface area (Å²) in [5, 5.41) is 0. The van der Waals surface area contributed by atoms with Gasteiger partial charge in [0, 0.05) is 0 Å². The molecule has 0 radical (unpaired) electrons. The summed E-state index contributed by atoms with van der Waals surface area (Å²) in [5.74, 6) is -0.815. The molecule has 0 unspecified atom stereocenters. The van der Waals surface area contributed by atoms with Crippen LogP contribution in [0.5, 0.6) is 0 Å². The molecule has 16 heavy (non-hydrogen) atoms. The molecule has 1 aromatic carbocycles. The molecule has 0 aliphatic rings. The Kier molecular flexibility index (Phi) is 4.19. The fourth-order valence-corrected chi connectivity index (χ4v) is 1.13. The highest BCUT2D eigenvalue weighted by molar-refractivity contribution is 5.97. The zero-order chi connectivity index (χ0) is 12.2. The van der Waals surface area contributed by atoms with E-state index in [2.05, 4.69) is 0 Å². The van der Waals surface area contributed by atoms with Crippen LogP contribution in [0.4, 0.5) is 4.39 Å². The van der Waals surface area contributed by atoms with Gasteiger partial charge in [-0.3, -0.25) is 4.79 Å². The average molecular weight is 224 g/mol. The lowest BCUT2D eigenvalue weighted by molar-refractivity contribution is -0.0123. The van der Waals surface area contributed by atoms with E-state index in [0.29, 0.717) is 0 Å². The van der Waals surface area contributed by atoms with Gasteiger partial charge in [0.25, 0.3) is 0 Å². The minimum absolute atomic E-state index is 0.0816. The van der Waals surface area contributed by atoms with Crippen molar-refractivity contribution in [3.63, 3.8) is 0 Å². The van der Waals surface area contributed by atoms with Gasteiger partial charge in [-0.05, 0) is 32.4 Å². The predicted molar refractivity (Wildman–Crippen MR) is 61.1 cm³/mol. The number of hydrogen-bond acceptors (Lipinski definition) is 2. The Balaban J connectivity index is 2.64. The summed E-state index contributed by atoms with van der Waals surface area (Å²) in [6.45, 7) is 5.71. The minimum Gasteiger partial charge on any atom is -0.367 e. The molecule has 0 bridgehead atoms. The number of carbonyl (C=O) groups is 1. The number of carbonyl (C=O) groups excluding carboxylic acids is 1. The topological polar surface area (TPSA) is 26.3 Å². The largest absolute Gasteiger partial charge is 0.367 e. The highest BCUT2D eigenvalue weighted by Crippen LogP contribution is 2.15. The van der Waals surface area contributed by atoms with Gasteiger partial charge in [-0.2, -0.15) is 0 Å². The maximum atomic E-state index is 13.3. The van der Waals surface area contributed by atoms with E-state index in [-0.39, 0.29) is 23.6 Å². The van der Waals surface area contributed by atoms with Gasteiger partial charge in [-0.25, -0.2) is 4.39 Å². The van der Waals surface area contributed by atoms with Crippen LogP contribution in [0.3, 0.4) is 0 Å². The number of benzene rings is 1. The molecule has 0 atom stereocenters. The highest BCUT2D eigenvalue weighted by Gasteiger charge is 2.19. The zero-order valence-electron chi connectivity index (χ0n) is 9.92. The summed E-state index contributed by atoms with van der Waals surface area (Å²) >= 11 is 0. The van der Waals surface area contributed by atoms with Crippen LogP contribution in [-0.4, -0.2) is 18.0 Å². The maximum absolute atomic E-state index is 13.3. The van der Waals surface area contributed by atoms with Crippen molar-refractivity contribution >= 4 is 5.78 Å². The van der Waals surface area contributed by atoms with Crippen molar-refractivity contribution < 1.29 is 13.9 Å². The predicted octanol–water partition coefficient (Wildman–Crippen LogP) is 3.21. The second kappa shape index (κ2) is 5.21. The van der Waals surface area contributed by atoms with E-state index in [0.717, 1.165) is 6.42 Å². The smallest absolute Gasteiger partial charge is 0.191 e. The second-order valence-corrected chi connectivity index (χ2v) is 4.30. The van der Waals surface area contributed by atoms with Crippen LogP contribution in [-0.2, 0) is 4.74 Å². The molecule has 1 aromatic rings. The first-order valence-electron chi connectivity index (χ1n) is 5.38. The molecule has 3 heteroatoms. The van der Waals surface area contributed by atoms with Gasteiger partial charge < -0.3 is 4.74 Å². The van der Waals surface area contributed by atoms with Gasteiger partial charge in [0.05, 0.1) is 11.2 Å². The third-order valence-electron chi connectivity index (χ3n) is 2.62. The summed E-state index contributed by atoms with van der Waals surface area (Å²) < 4.78 is 18.7. The molecule has 0 heterocycles. The van der Waals surface area contributed by atoms with E-state index in [1.165, 1.54) is 12.1 Å². The molecular formula is C13H17FO2. The number of ketones is 1. The Morgan fingerprint density at radius 1 is 1.38 bits per heavy atom. The highest BCUT2D eigenvalue weighted by atomic mass is 19.1. The number of rotatable bonds is 5. The third kappa shape index (κ3) is 3.42. The van der Waals surface area contributed by atoms with Gasteiger partial charge >= 0.3 is 0 Å². The lowest BCUT2D eigenvalue weighted by Crippen LogP contribution is -2.26. The van der Waals surface area contributed by atoms with Crippen LogP contribution in [0.2, 0.25) is 0 Å². The Labute approximate surface area is 95.4 Å². The minimum atomic E-state index is -0.495. The molecule has 1 rings (SSSR count). The van der Waals surface area contributed by atoms with E-state index in [1.54, 1.807) is 12.1 Å². The summed E-state index contributed by atoms with van der Waals surface area (Å²) in [7, 11) is 0. The standard InChI is InChI=1S/C13H17FO2/c1-4-13(2,3)16-9-12(15)10-7-5-6-8-11(10)14/h5-8H,4,9H2,1-3H3. The van der Waals surface area contributed by atoms with Crippen molar-refractivity contribution in [1.82, 2.24) is 0 Å². The summed E-state index contributed by atoms with van der Waals surface area (Å²) in [4.78, 5) is 11.7. The average Bonchev–Trinajstić information content (AvgIpc) is 2.27. The van der Waals surface area contributed by atoms with Gasteiger partial charge in [-0.15, -0.1) is 0 Å². The van der Waals surface area contributed by atoms with Gasteiger partial charge in [0.2, 0.25) is 0 Å². The molecular weight excluding hydrogens is 207 g/mol. The quantitative estimate of drug-likeness (QED) is 0.718. The second-order valence-electron chi connectivity index (χ2n) is 4.30. The maximum Gasteiger partial charge on any atom is 0.191 e. The summed E-state index contributed by atoms with van der Waals surface area (Å²) in [6, 6.07) is 5.95. The van der Waals surface area contributed by atoms with Crippen molar-refractivity contribution in [2.45, 2.75) is 32.8 Å². The number of halogens is 1. The first-order valence-corrected chi connectivity index (χ1v) is 5.38. The van der Waals surface area contributed by atoms with Gasteiger partial charge in [0.15, 0.2) is 5.78 Å². The molecule has 2 nitrogen and oxygen atoms in total. The Morgan fingerprint density at radius 2 is 2.00 bits per heavy atom. The Hall–Kier alpha value is -1.22. The third-order valence-corrected chi connectivity index (χ3v) is 2.62. The Morgan fingerprint density at radius 3 is 2.56 bits per heavy atom. The SMILES string of the molecule is CCC(C)(C)OCC(=O)c1ccccc1F. The van der Waals surface area contributed by atoms with Gasteiger partial charge in [-0.1, -0.05) is 19.1 Å². The monoisotopic (exact) mass is 224 g/mol. The normalized spacial score (nSPS) is 11.5. The van der Waals surface area contributed by atoms with Crippen LogP contribution >= 0.6 is 0 Å². The van der Waals surface area contributed by atoms with Crippen molar-refractivity contribution in [3.8, 4) is 0 Å². The van der Waals surface area contributed by atoms with Crippen LogP contribution in [0, 0.1) is 5.82 Å².